The fourth-order valence-corrected chi connectivity index (χ4v) is 3.62. The van der Waals surface area contributed by atoms with Crippen molar-refractivity contribution in [1.29, 1.82) is 0 Å². The van der Waals surface area contributed by atoms with E-state index < -0.39 is 0 Å². The molecule has 4 nitrogen and oxygen atoms in total. The number of hydrogen-bond donors (Lipinski definition) is 1. The number of aryl methyl sites for hydroxylation is 1. The summed E-state index contributed by atoms with van der Waals surface area (Å²) in [5.41, 5.74) is 2.82. The first-order valence-electron chi connectivity index (χ1n) is 8.76. The minimum absolute atomic E-state index is 0.0124. The number of hydrogen-bond acceptors (Lipinski definition) is 3. The second kappa shape index (κ2) is 8.30. The number of rotatable bonds is 4. The molecule has 3 rings (SSSR count). The SMILES string of the molecule is Cc1ccc(Cl)cc1NC(=O)[C@H](C)N1CCN(c2ccccc2Cl)CC1. The molecule has 2 aromatic rings. The van der Waals surface area contributed by atoms with E-state index in [1.807, 2.05) is 50.2 Å². The zero-order valence-electron chi connectivity index (χ0n) is 15.0. The second-order valence-electron chi connectivity index (χ2n) is 6.60. The Bertz CT molecular complexity index is 788. The fourth-order valence-electron chi connectivity index (χ4n) is 3.19. The highest BCUT2D eigenvalue weighted by atomic mass is 35.5. The molecule has 1 N–H and O–H groups in total. The molecule has 2 aromatic carbocycles. The molecule has 1 heterocycles. The Hall–Kier alpha value is -1.75. The summed E-state index contributed by atoms with van der Waals surface area (Å²) in [7, 11) is 0. The van der Waals surface area contributed by atoms with Crippen molar-refractivity contribution in [2.45, 2.75) is 19.9 Å². The van der Waals surface area contributed by atoms with Gasteiger partial charge in [0.1, 0.15) is 0 Å². The van der Waals surface area contributed by atoms with Crippen LogP contribution in [0.1, 0.15) is 12.5 Å². The van der Waals surface area contributed by atoms with E-state index in [-0.39, 0.29) is 11.9 Å². The summed E-state index contributed by atoms with van der Waals surface area (Å²) >= 11 is 12.3. The molecule has 1 saturated heterocycles. The smallest absolute Gasteiger partial charge is 0.241 e. The minimum Gasteiger partial charge on any atom is -0.368 e. The predicted octanol–water partition coefficient (Wildman–Crippen LogP) is 4.45. The van der Waals surface area contributed by atoms with Crippen LogP contribution in [0.5, 0.6) is 0 Å². The number of anilines is 2. The van der Waals surface area contributed by atoms with Gasteiger partial charge in [0.2, 0.25) is 5.91 Å². The molecular formula is C20H23Cl2N3O. The van der Waals surface area contributed by atoms with E-state index in [2.05, 4.69) is 15.1 Å². The van der Waals surface area contributed by atoms with Crippen LogP contribution in [0.3, 0.4) is 0 Å². The Labute approximate surface area is 164 Å². The molecule has 0 unspecified atom stereocenters. The number of piperazine rings is 1. The molecule has 0 spiro atoms. The lowest BCUT2D eigenvalue weighted by Crippen LogP contribution is -2.52. The molecule has 138 valence electrons. The Morgan fingerprint density at radius 3 is 2.46 bits per heavy atom. The van der Waals surface area contributed by atoms with Gasteiger partial charge >= 0.3 is 0 Å². The maximum Gasteiger partial charge on any atom is 0.241 e. The normalized spacial score (nSPS) is 16.4. The van der Waals surface area contributed by atoms with Gasteiger partial charge in [-0.25, -0.2) is 0 Å². The van der Waals surface area contributed by atoms with E-state index in [0.717, 1.165) is 48.1 Å². The van der Waals surface area contributed by atoms with E-state index in [0.29, 0.717) is 5.02 Å². The number of benzene rings is 2. The number of carbonyl (C=O) groups excluding carboxylic acids is 1. The van der Waals surface area contributed by atoms with Crippen molar-refractivity contribution in [3.63, 3.8) is 0 Å². The van der Waals surface area contributed by atoms with Crippen LogP contribution in [0, 0.1) is 6.92 Å². The van der Waals surface area contributed by atoms with Crippen LogP contribution in [0.2, 0.25) is 10.0 Å². The fraction of sp³-hybridized carbons (Fsp3) is 0.350. The number of nitrogens with one attached hydrogen (secondary N) is 1. The quantitative estimate of drug-likeness (QED) is 0.835. The third-order valence-corrected chi connectivity index (χ3v) is 5.45. The highest BCUT2D eigenvalue weighted by Crippen LogP contribution is 2.26. The van der Waals surface area contributed by atoms with Gasteiger partial charge in [0, 0.05) is 36.9 Å². The lowest BCUT2D eigenvalue weighted by Gasteiger charge is -2.38. The maximum atomic E-state index is 12.7. The highest BCUT2D eigenvalue weighted by molar-refractivity contribution is 6.33. The lowest BCUT2D eigenvalue weighted by molar-refractivity contribution is -0.120. The summed E-state index contributed by atoms with van der Waals surface area (Å²) in [6.07, 6.45) is 0. The van der Waals surface area contributed by atoms with Gasteiger partial charge in [-0.1, -0.05) is 41.4 Å². The van der Waals surface area contributed by atoms with Gasteiger partial charge in [-0.15, -0.1) is 0 Å². The van der Waals surface area contributed by atoms with Crippen molar-refractivity contribution >= 4 is 40.5 Å². The van der Waals surface area contributed by atoms with Gasteiger partial charge in [-0.05, 0) is 43.7 Å². The second-order valence-corrected chi connectivity index (χ2v) is 7.44. The Morgan fingerprint density at radius 2 is 1.77 bits per heavy atom. The van der Waals surface area contributed by atoms with Crippen molar-refractivity contribution < 1.29 is 4.79 Å². The van der Waals surface area contributed by atoms with Crippen LogP contribution < -0.4 is 10.2 Å². The first-order valence-corrected chi connectivity index (χ1v) is 9.52. The molecule has 0 radical (unpaired) electrons. The molecule has 0 aromatic heterocycles. The Kier molecular flexibility index (Phi) is 6.07. The van der Waals surface area contributed by atoms with Crippen molar-refractivity contribution in [2.75, 3.05) is 36.4 Å². The van der Waals surface area contributed by atoms with Crippen molar-refractivity contribution in [3.8, 4) is 0 Å². The number of carbonyl (C=O) groups is 1. The van der Waals surface area contributed by atoms with Crippen LogP contribution in [0.15, 0.2) is 42.5 Å². The molecule has 1 atom stereocenters. The Balaban J connectivity index is 1.59. The van der Waals surface area contributed by atoms with E-state index in [1.165, 1.54) is 0 Å². The summed E-state index contributed by atoms with van der Waals surface area (Å²) < 4.78 is 0. The van der Waals surface area contributed by atoms with Crippen molar-refractivity contribution in [1.82, 2.24) is 4.90 Å². The van der Waals surface area contributed by atoms with Gasteiger partial charge < -0.3 is 10.2 Å². The maximum absolute atomic E-state index is 12.7. The van der Waals surface area contributed by atoms with E-state index in [9.17, 15) is 4.79 Å². The summed E-state index contributed by atoms with van der Waals surface area (Å²) in [5.74, 6) is -0.0124. The van der Waals surface area contributed by atoms with E-state index in [1.54, 1.807) is 6.07 Å². The molecule has 26 heavy (non-hydrogen) atoms. The van der Waals surface area contributed by atoms with Gasteiger partial charge in [-0.2, -0.15) is 0 Å². The molecule has 0 aliphatic carbocycles. The van der Waals surface area contributed by atoms with Gasteiger partial charge in [0.05, 0.1) is 16.8 Å². The van der Waals surface area contributed by atoms with Crippen LogP contribution in [0.4, 0.5) is 11.4 Å². The number of halogens is 2. The predicted molar refractivity (Wildman–Crippen MR) is 110 cm³/mol. The summed E-state index contributed by atoms with van der Waals surface area (Å²) in [6.45, 7) is 7.22. The number of para-hydroxylation sites is 1. The topological polar surface area (TPSA) is 35.6 Å². The third kappa shape index (κ3) is 4.32. The van der Waals surface area contributed by atoms with Crippen LogP contribution in [-0.4, -0.2) is 43.0 Å². The monoisotopic (exact) mass is 391 g/mol. The van der Waals surface area contributed by atoms with Crippen LogP contribution in [0.25, 0.3) is 0 Å². The standard InChI is InChI=1S/C20H23Cl2N3O/c1-14-7-8-16(21)13-18(14)23-20(26)15(2)24-9-11-25(12-10-24)19-6-4-3-5-17(19)22/h3-8,13,15H,9-12H2,1-2H3,(H,23,26)/t15-/m0/s1. The van der Waals surface area contributed by atoms with E-state index in [4.69, 9.17) is 23.2 Å². The van der Waals surface area contributed by atoms with Gasteiger partial charge in [0.15, 0.2) is 0 Å². The van der Waals surface area contributed by atoms with Gasteiger partial charge in [0.25, 0.3) is 0 Å². The molecular weight excluding hydrogens is 369 g/mol. The lowest BCUT2D eigenvalue weighted by atomic mass is 10.1. The van der Waals surface area contributed by atoms with E-state index >= 15 is 0 Å². The first-order chi connectivity index (χ1) is 12.5. The molecule has 0 saturated carbocycles. The molecule has 1 aliphatic rings. The van der Waals surface area contributed by atoms with Crippen LogP contribution >= 0.6 is 23.2 Å². The molecule has 1 aliphatic heterocycles. The Morgan fingerprint density at radius 1 is 1.08 bits per heavy atom. The van der Waals surface area contributed by atoms with Crippen LogP contribution in [-0.2, 0) is 4.79 Å². The summed E-state index contributed by atoms with van der Waals surface area (Å²) in [4.78, 5) is 17.1. The molecule has 0 bridgehead atoms. The molecule has 6 heteroatoms. The number of amides is 1. The first kappa shape index (κ1) is 19.0. The van der Waals surface area contributed by atoms with Crippen molar-refractivity contribution in [3.05, 3.63) is 58.1 Å². The molecule has 1 amide bonds. The summed E-state index contributed by atoms with van der Waals surface area (Å²) in [6, 6.07) is 13.2. The summed E-state index contributed by atoms with van der Waals surface area (Å²) in [5, 5.41) is 4.38. The van der Waals surface area contributed by atoms with Crippen molar-refractivity contribution in [2.24, 2.45) is 0 Å². The number of nitrogens with zero attached hydrogens (tertiary/aromatic N) is 2. The molecule has 1 fully saturated rings. The zero-order chi connectivity index (χ0) is 18.7. The highest BCUT2D eigenvalue weighted by Gasteiger charge is 2.26. The zero-order valence-corrected chi connectivity index (χ0v) is 16.5. The van der Waals surface area contributed by atoms with Gasteiger partial charge in [-0.3, -0.25) is 9.69 Å². The average Bonchev–Trinajstić information content (AvgIpc) is 2.64. The average molecular weight is 392 g/mol. The third-order valence-electron chi connectivity index (χ3n) is 4.89. The largest absolute Gasteiger partial charge is 0.368 e. The minimum atomic E-state index is -0.207.